The van der Waals surface area contributed by atoms with E-state index >= 15 is 0 Å². The molecule has 1 heterocycles. The number of carbonyl (C=O) groups is 1. The number of nitro groups is 2. The van der Waals surface area contributed by atoms with Gasteiger partial charge in [-0.2, -0.15) is 0 Å². The number of hydrazine groups is 2. The van der Waals surface area contributed by atoms with Crippen molar-refractivity contribution in [3.8, 4) is 0 Å². The van der Waals surface area contributed by atoms with E-state index in [0.29, 0.717) is 10.7 Å². The normalized spacial score (nSPS) is 10.2. The summed E-state index contributed by atoms with van der Waals surface area (Å²) in [6, 6.07) is 9.52. The Balaban J connectivity index is 1.74. The van der Waals surface area contributed by atoms with E-state index in [1.54, 1.807) is 0 Å². The van der Waals surface area contributed by atoms with Crippen LogP contribution in [0, 0.1) is 20.2 Å². The van der Waals surface area contributed by atoms with Crippen molar-refractivity contribution in [2.45, 2.75) is 0 Å². The van der Waals surface area contributed by atoms with Crippen LogP contribution in [0.4, 0.5) is 28.7 Å². The molecule has 1 aromatic heterocycles. The third-order valence-electron chi connectivity index (χ3n) is 3.88. The van der Waals surface area contributed by atoms with Crippen LogP contribution in [-0.2, 0) is 0 Å². The van der Waals surface area contributed by atoms with Crippen LogP contribution in [0.1, 0.15) is 10.4 Å². The van der Waals surface area contributed by atoms with E-state index in [1.165, 1.54) is 42.5 Å². The van der Waals surface area contributed by atoms with E-state index in [0.717, 1.165) is 6.33 Å². The molecule has 3 rings (SSSR count). The molecule has 0 fully saturated rings. The molecule has 0 aliphatic heterocycles. The number of nitro benzene ring substituents is 1. The fourth-order valence-corrected chi connectivity index (χ4v) is 2.88. The Bertz CT molecular complexity index is 1190. The minimum Gasteiger partial charge on any atom is -0.299 e. The van der Waals surface area contributed by atoms with E-state index in [4.69, 9.17) is 23.2 Å². The number of benzene rings is 2. The Labute approximate surface area is 189 Å². The summed E-state index contributed by atoms with van der Waals surface area (Å²) in [6.07, 6.45) is 1.02. The van der Waals surface area contributed by atoms with Crippen molar-refractivity contribution < 1.29 is 14.6 Å². The highest BCUT2D eigenvalue weighted by Crippen LogP contribution is 2.29. The highest BCUT2D eigenvalue weighted by molar-refractivity contribution is 6.36. The maximum absolute atomic E-state index is 12.3. The summed E-state index contributed by atoms with van der Waals surface area (Å²) in [4.78, 5) is 40.9. The molecule has 0 atom stereocenters. The van der Waals surface area contributed by atoms with Crippen LogP contribution in [-0.4, -0.2) is 25.7 Å². The number of hydrogen-bond acceptors (Lipinski definition) is 10. The van der Waals surface area contributed by atoms with Crippen molar-refractivity contribution in [2.75, 3.05) is 16.3 Å². The van der Waals surface area contributed by atoms with E-state index in [1.807, 2.05) is 0 Å². The fraction of sp³-hybridized carbons (Fsp3) is 0. The lowest BCUT2D eigenvalue weighted by Crippen LogP contribution is -2.30. The molecule has 0 spiro atoms. The van der Waals surface area contributed by atoms with Gasteiger partial charge in [0.2, 0.25) is 11.6 Å². The van der Waals surface area contributed by atoms with Crippen LogP contribution in [0.25, 0.3) is 0 Å². The van der Waals surface area contributed by atoms with Gasteiger partial charge in [0.25, 0.3) is 11.6 Å². The molecule has 0 aliphatic rings. The molecule has 4 N–H and O–H groups in total. The van der Waals surface area contributed by atoms with Gasteiger partial charge in [-0.3, -0.25) is 46.7 Å². The maximum Gasteiger partial charge on any atom is 0.356 e. The molecule has 0 aliphatic carbocycles. The Morgan fingerprint density at radius 3 is 2.12 bits per heavy atom. The van der Waals surface area contributed by atoms with Gasteiger partial charge >= 0.3 is 5.69 Å². The molecule has 164 valence electrons. The monoisotopic (exact) mass is 478 g/mol. The fourth-order valence-electron chi connectivity index (χ4n) is 2.39. The smallest absolute Gasteiger partial charge is 0.299 e. The molecule has 0 saturated heterocycles. The lowest BCUT2D eigenvalue weighted by atomic mass is 10.2. The predicted molar refractivity (Wildman–Crippen MR) is 117 cm³/mol. The average Bonchev–Trinajstić information content (AvgIpc) is 2.76. The van der Waals surface area contributed by atoms with Gasteiger partial charge < -0.3 is 0 Å². The van der Waals surface area contributed by atoms with Crippen LogP contribution >= 0.6 is 23.2 Å². The summed E-state index contributed by atoms with van der Waals surface area (Å²) < 4.78 is 0. The zero-order valence-electron chi connectivity index (χ0n) is 15.7. The molecular formula is C17H12Cl2N8O5. The lowest BCUT2D eigenvalue weighted by molar-refractivity contribution is -0.384. The molecule has 3 aromatic rings. The van der Waals surface area contributed by atoms with Gasteiger partial charge in [-0.15, -0.1) is 0 Å². The van der Waals surface area contributed by atoms with Crippen LogP contribution in [0.3, 0.4) is 0 Å². The highest BCUT2D eigenvalue weighted by Gasteiger charge is 2.24. The molecule has 0 unspecified atom stereocenters. The zero-order valence-corrected chi connectivity index (χ0v) is 17.2. The molecule has 32 heavy (non-hydrogen) atoms. The Morgan fingerprint density at radius 1 is 0.875 bits per heavy atom. The van der Waals surface area contributed by atoms with Crippen LogP contribution < -0.4 is 21.7 Å². The van der Waals surface area contributed by atoms with Crippen molar-refractivity contribution in [3.05, 3.63) is 84.6 Å². The van der Waals surface area contributed by atoms with Gasteiger partial charge in [-0.05, 0) is 30.3 Å². The predicted octanol–water partition coefficient (Wildman–Crippen LogP) is 3.80. The number of halogens is 2. The molecule has 15 heteroatoms. The molecule has 0 radical (unpaired) electrons. The Kier molecular flexibility index (Phi) is 6.82. The summed E-state index contributed by atoms with van der Waals surface area (Å²) in [5.41, 5.74) is 9.57. The molecule has 2 aromatic carbocycles. The molecule has 13 nitrogen and oxygen atoms in total. The van der Waals surface area contributed by atoms with Gasteiger partial charge in [0.05, 0.1) is 26.1 Å². The van der Waals surface area contributed by atoms with E-state index in [-0.39, 0.29) is 27.9 Å². The second-order valence-electron chi connectivity index (χ2n) is 5.93. The van der Waals surface area contributed by atoms with Gasteiger partial charge in [-0.1, -0.05) is 23.2 Å². The van der Waals surface area contributed by atoms with Crippen molar-refractivity contribution >= 4 is 57.8 Å². The number of carbonyl (C=O) groups excluding carboxylic acids is 1. The second kappa shape index (κ2) is 9.72. The first-order valence-electron chi connectivity index (χ1n) is 8.53. The first-order chi connectivity index (χ1) is 15.3. The van der Waals surface area contributed by atoms with Gasteiger partial charge in [0.15, 0.2) is 0 Å². The first kappa shape index (κ1) is 22.5. The number of non-ortho nitro benzene ring substituents is 1. The highest BCUT2D eigenvalue weighted by atomic mass is 35.5. The molecule has 0 saturated carbocycles. The quantitative estimate of drug-likeness (QED) is 0.274. The summed E-state index contributed by atoms with van der Waals surface area (Å²) >= 11 is 11.8. The second-order valence-corrected chi connectivity index (χ2v) is 6.78. The zero-order chi connectivity index (χ0) is 23.3. The summed E-state index contributed by atoms with van der Waals surface area (Å²) in [6.45, 7) is 0. The summed E-state index contributed by atoms with van der Waals surface area (Å²) in [5, 5.41) is 22.7. The van der Waals surface area contributed by atoms with Crippen LogP contribution in [0.2, 0.25) is 10.0 Å². The summed E-state index contributed by atoms with van der Waals surface area (Å²) in [5.74, 6) is -1.22. The van der Waals surface area contributed by atoms with Crippen molar-refractivity contribution in [1.29, 1.82) is 0 Å². The van der Waals surface area contributed by atoms with Crippen LogP contribution in [0.15, 0.2) is 48.8 Å². The average molecular weight is 479 g/mol. The van der Waals surface area contributed by atoms with Crippen LogP contribution in [0.5, 0.6) is 0 Å². The number of aromatic nitrogens is 2. The lowest BCUT2D eigenvalue weighted by Gasteiger charge is -2.12. The van der Waals surface area contributed by atoms with Gasteiger partial charge in [0.1, 0.15) is 6.33 Å². The molecule has 0 bridgehead atoms. The molecular weight excluding hydrogens is 467 g/mol. The molecule has 1 amide bonds. The first-order valence-corrected chi connectivity index (χ1v) is 9.29. The van der Waals surface area contributed by atoms with E-state index < -0.39 is 21.4 Å². The van der Waals surface area contributed by atoms with Gasteiger partial charge in [0, 0.05) is 17.2 Å². The Morgan fingerprint density at radius 2 is 1.53 bits per heavy atom. The van der Waals surface area contributed by atoms with Gasteiger partial charge in [-0.25, -0.2) is 9.97 Å². The number of anilines is 3. The van der Waals surface area contributed by atoms with Crippen molar-refractivity contribution in [2.24, 2.45) is 0 Å². The standard InChI is InChI=1S/C17H12Cl2N8O5/c18-9-1-6-12(13(19)7-9)17(28)25-24-16-14(27(31)32)15(20-8-21-16)23-22-10-2-4-11(5-3-10)26(29)30/h1-8,22H,(H,25,28)(H2,20,21,23,24). The minimum absolute atomic E-state index is 0.0819. The topological polar surface area (TPSA) is 177 Å². The van der Waals surface area contributed by atoms with E-state index in [2.05, 4.69) is 31.7 Å². The maximum atomic E-state index is 12.3. The number of nitrogens with zero attached hydrogens (tertiary/aromatic N) is 4. The number of nitrogens with one attached hydrogen (secondary N) is 4. The SMILES string of the molecule is O=C(NNc1ncnc(NNc2ccc([N+](=O)[O-])cc2)c1[N+](=O)[O-])c1ccc(Cl)cc1Cl. The number of hydrogen-bond donors (Lipinski definition) is 4. The Hall–Kier alpha value is -4.23. The minimum atomic E-state index is -0.760. The van der Waals surface area contributed by atoms with E-state index in [9.17, 15) is 25.0 Å². The third kappa shape index (κ3) is 5.27. The van der Waals surface area contributed by atoms with Crippen molar-refractivity contribution in [1.82, 2.24) is 15.4 Å². The van der Waals surface area contributed by atoms with Crippen molar-refractivity contribution in [3.63, 3.8) is 0 Å². The third-order valence-corrected chi connectivity index (χ3v) is 4.43. The number of rotatable bonds is 8. The summed E-state index contributed by atoms with van der Waals surface area (Å²) in [7, 11) is 0. The largest absolute Gasteiger partial charge is 0.356 e. The number of amides is 1.